The topological polar surface area (TPSA) is 47.9 Å². The molecular weight excluding hydrogens is 335 g/mol. The van der Waals surface area contributed by atoms with Gasteiger partial charge in [0, 0.05) is 5.56 Å². The Morgan fingerprint density at radius 3 is 2.52 bits per heavy atom. The molecule has 2 rings (SSSR count). The lowest BCUT2D eigenvalue weighted by molar-refractivity contribution is -0.137. The van der Waals surface area contributed by atoms with Crippen LogP contribution in [0.15, 0.2) is 53.7 Å². The highest BCUT2D eigenvalue weighted by Gasteiger charge is 2.30. The van der Waals surface area contributed by atoms with E-state index in [-0.39, 0.29) is 6.61 Å². The number of hydrogen-bond donors (Lipinski definition) is 0. The minimum atomic E-state index is -4.42. The van der Waals surface area contributed by atoms with Gasteiger partial charge in [0.15, 0.2) is 0 Å². The van der Waals surface area contributed by atoms with E-state index in [2.05, 4.69) is 9.89 Å². The molecule has 0 saturated heterocycles. The monoisotopic (exact) mass is 351 g/mol. The Kier molecular flexibility index (Phi) is 5.80. The number of rotatable bonds is 5. The summed E-state index contributed by atoms with van der Waals surface area (Å²) in [6.45, 7) is 1.53. The number of halogens is 3. The summed E-state index contributed by atoms with van der Waals surface area (Å²) < 4.78 is 42.9. The van der Waals surface area contributed by atoms with Gasteiger partial charge in [-0.2, -0.15) is 13.2 Å². The van der Waals surface area contributed by atoms with Crippen molar-refractivity contribution in [3.63, 3.8) is 0 Å². The van der Waals surface area contributed by atoms with Gasteiger partial charge in [0.1, 0.15) is 6.61 Å². The summed E-state index contributed by atoms with van der Waals surface area (Å²) >= 11 is 0. The van der Waals surface area contributed by atoms with Gasteiger partial charge in [-0.05, 0) is 30.7 Å². The van der Waals surface area contributed by atoms with E-state index in [4.69, 9.17) is 4.84 Å². The van der Waals surface area contributed by atoms with Crippen molar-refractivity contribution in [2.45, 2.75) is 19.7 Å². The fourth-order valence-corrected chi connectivity index (χ4v) is 2.13. The number of oxime groups is 1. The standard InChI is InChI=1S/C18H16F3NO3/c1-12(13-7-5-8-15(10-13)18(19,20)21)22-25-11-14-6-3-4-9-16(14)17(23)24-2/h3-10H,11H2,1-2H3/b22-12+. The molecule has 0 amide bonds. The molecular formula is C18H16F3NO3. The highest BCUT2D eigenvalue weighted by molar-refractivity contribution is 5.98. The molecule has 0 aliphatic rings. The Labute approximate surface area is 142 Å². The molecule has 4 nitrogen and oxygen atoms in total. The molecule has 0 unspecified atom stereocenters. The molecule has 2 aromatic rings. The number of esters is 1. The predicted molar refractivity (Wildman–Crippen MR) is 86.2 cm³/mol. The van der Waals surface area contributed by atoms with Crippen LogP contribution in [0, 0.1) is 0 Å². The van der Waals surface area contributed by atoms with Crippen LogP contribution in [0.1, 0.15) is 34.0 Å². The van der Waals surface area contributed by atoms with Crippen molar-refractivity contribution in [1.29, 1.82) is 0 Å². The number of carbonyl (C=O) groups excluding carboxylic acids is 1. The van der Waals surface area contributed by atoms with Crippen LogP contribution in [0.5, 0.6) is 0 Å². The molecule has 7 heteroatoms. The second kappa shape index (κ2) is 7.83. The van der Waals surface area contributed by atoms with Crippen LogP contribution in [-0.2, 0) is 22.4 Å². The van der Waals surface area contributed by atoms with Crippen molar-refractivity contribution in [3.8, 4) is 0 Å². The number of ether oxygens (including phenoxy) is 1. The number of hydrogen-bond acceptors (Lipinski definition) is 4. The van der Waals surface area contributed by atoms with Gasteiger partial charge in [0.25, 0.3) is 0 Å². The van der Waals surface area contributed by atoms with Crippen molar-refractivity contribution in [2.24, 2.45) is 5.16 Å². The second-order valence-corrected chi connectivity index (χ2v) is 5.18. The Hall–Kier alpha value is -2.83. The zero-order valence-electron chi connectivity index (χ0n) is 13.6. The number of alkyl halides is 3. The van der Waals surface area contributed by atoms with Gasteiger partial charge in [-0.1, -0.05) is 35.5 Å². The zero-order valence-corrected chi connectivity index (χ0v) is 13.6. The summed E-state index contributed by atoms with van der Waals surface area (Å²) in [6, 6.07) is 11.5. The molecule has 0 spiro atoms. The van der Waals surface area contributed by atoms with Gasteiger partial charge >= 0.3 is 12.1 Å². The van der Waals surface area contributed by atoms with Gasteiger partial charge < -0.3 is 9.57 Å². The molecule has 0 saturated carbocycles. The first-order chi connectivity index (χ1) is 11.8. The van der Waals surface area contributed by atoms with Crippen molar-refractivity contribution in [2.75, 3.05) is 7.11 Å². The smallest absolute Gasteiger partial charge is 0.416 e. The normalized spacial score (nSPS) is 12.0. The van der Waals surface area contributed by atoms with E-state index in [1.54, 1.807) is 31.2 Å². The Bertz CT molecular complexity index is 785. The molecule has 0 atom stereocenters. The maximum absolute atomic E-state index is 12.7. The van der Waals surface area contributed by atoms with E-state index < -0.39 is 17.7 Å². The van der Waals surface area contributed by atoms with Crippen LogP contribution in [0.4, 0.5) is 13.2 Å². The lowest BCUT2D eigenvalue weighted by atomic mass is 10.1. The first-order valence-corrected chi connectivity index (χ1v) is 7.33. The number of nitrogens with zero attached hydrogens (tertiary/aromatic N) is 1. The number of carbonyl (C=O) groups is 1. The van der Waals surface area contributed by atoms with Gasteiger partial charge in [0.05, 0.1) is 23.9 Å². The minimum absolute atomic E-state index is 0.0123. The molecule has 0 aliphatic heterocycles. The Morgan fingerprint density at radius 2 is 1.84 bits per heavy atom. The van der Waals surface area contributed by atoms with E-state index in [0.717, 1.165) is 12.1 Å². The van der Waals surface area contributed by atoms with Crippen LogP contribution in [0.3, 0.4) is 0 Å². The van der Waals surface area contributed by atoms with Crippen LogP contribution in [-0.4, -0.2) is 18.8 Å². The maximum Gasteiger partial charge on any atom is 0.416 e. The maximum atomic E-state index is 12.7. The number of benzene rings is 2. The first kappa shape index (κ1) is 18.5. The summed E-state index contributed by atoms with van der Waals surface area (Å²) in [5.41, 5.74) is 0.750. The van der Waals surface area contributed by atoms with E-state index in [1.165, 1.54) is 19.2 Å². The van der Waals surface area contributed by atoms with Crippen LogP contribution < -0.4 is 0 Å². The highest BCUT2D eigenvalue weighted by Crippen LogP contribution is 2.29. The molecule has 0 aliphatic carbocycles. The van der Waals surface area contributed by atoms with E-state index in [9.17, 15) is 18.0 Å². The quantitative estimate of drug-likeness (QED) is 0.455. The lowest BCUT2D eigenvalue weighted by Gasteiger charge is -2.09. The van der Waals surface area contributed by atoms with E-state index in [0.29, 0.717) is 22.4 Å². The van der Waals surface area contributed by atoms with Crippen molar-refractivity contribution < 1.29 is 27.5 Å². The minimum Gasteiger partial charge on any atom is -0.465 e. The predicted octanol–water partition coefficient (Wildman–Crippen LogP) is 4.43. The SMILES string of the molecule is COC(=O)c1ccccc1CO/N=C(\C)c1cccc(C(F)(F)F)c1. The van der Waals surface area contributed by atoms with E-state index >= 15 is 0 Å². The van der Waals surface area contributed by atoms with Crippen LogP contribution in [0.25, 0.3) is 0 Å². The Morgan fingerprint density at radius 1 is 1.12 bits per heavy atom. The van der Waals surface area contributed by atoms with Gasteiger partial charge in [0.2, 0.25) is 0 Å². The zero-order chi connectivity index (χ0) is 18.4. The van der Waals surface area contributed by atoms with Crippen LogP contribution in [0.2, 0.25) is 0 Å². The molecule has 0 fully saturated rings. The third-order valence-corrected chi connectivity index (χ3v) is 3.45. The van der Waals surface area contributed by atoms with Crippen LogP contribution >= 0.6 is 0 Å². The van der Waals surface area contributed by atoms with Crippen molar-refractivity contribution >= 4 is 11.7 Å². The summed E-state index contributed by atoms with van der Waals surface area (Å²) in [6.07, 6.45) is -4.42. The Balaban J connectivity index is 2.12. The first-order valence-electron chi connectivity index (χ1n) is 7.33. The molecule has 25 heavy (non-hydrogen) atoms. The third kappa shape index (κ3) is 4.82. The van der Waals surface area contributed by atoms with Gasteiger partial charge in [-0.25, -0.2) is 4.79 Å². The van der Waals surface area contributed by atoms with Gasteiger partial charge in [-0.15, -0.1) is 0 Å². The summed E-state index contributed by atoms with van der Waals surface area (Å²) in [4.78, 5) is 16.9. The molecule has 2 aromatic carbocycles. The second-order valence-electron chi connectivity index (χ2n) is 5.18. The van der Waals surface area contributed by atoms with Crippen molar-refractivity contribution in [3.05, 3.63) is 70.8 Å². The highest BCUT2D eigenvalue weighted by atomic mass is 19.4. The summed E-state index contributed by atoms with van der Waals surface area (Å²) in [7, 11) is 1.27. The fraction of sp³-hybridized carbons (Fsp3) is 0.222. The molecule has 132 valence electrons. The molecule has 0 heterocycles. The molecule has 0 bridgehead atoms. The molecule has 0 aromatic heterocycles. The summed E-state index contributed by atoms with van der Waals surface area (Å²) in [5.74, 6) is -0.502. The third-order valence-electron chi connectivity index (χ3n) is 3.45. The van der Waals surface area contributed by atoms with E-state index in [1.807, 2.05) is 0 Å². The van der Waals surface area contributed by atoms with Gasteiger partial charge in [-0.3, -0.25) is 0 Å². The summed E-state index contributed by atoms with van der Waals surface area (Å²) in [5, 5.41) is 3.84. The number of methoxy groups -OCH3 is 1. The largest absolute Gasteiger partial charge is 0.465 e. The fourth-order valence-electron chi connectivity index (χ4n) is 2.13. The molecule has 0 N–H and O–H groups in total. The average molecular weight is 351 g/mol. The molecule has 0 radical (unpaired) electrons. The van der Waals surface area contributed by atoms with Crippen molar-refractivity contribution in [1.82, 2.24) is 0 Å². The average Bonchev–Trinajstić information content (AvgIpc) is 2.60. The lowest BCUT2D eigenvalue weighted by Crippen LogP contribution is -2.07.